The molecule has 0 saturated heterocycles. The molecule has 1 N–H and O–H groups in total. The molecule has 0 fully saturated rings. The van der Waals surface area contributed by atoms with Crippen molar-refractivity contribution in [3.8, 4) is 16.9 Å². The molecule has 0 aliphatic heterocycles. The van der Waals surface area contributed by atoms with Gasteiger partial charge in [-0.3, -0.25) is 9.20 Å². The van der Waals surface area contributed by atoms with Crippen LogP contribution in [0.1, 0.15) is 12.6 Å². The molecule has 0 bridgehead atoms. The fraction of sp³-hybridized carbons (Fsp3) is 0.143. The van der Waals surface area contributed by atoms with Gasteiger partial charge >= 0.3 is 5.69 Å². The van der Waals surface area contributed by atoms with Crippen LogP contribution < -0.4 is 15.7 Å². The van der Waals surface area contributed by atoms with Gasteiger partial charge in [-0.05, 0) is 42.0 Å². The summed E-state index contributed by atoms with van der Waals surface area (Å²) in [6.07, 6.45) is 4.96. The first-order valence-corrected chi connectivity index (χ1v) is 9.48. The lowest BCUT2D eigenvalue weighted by molar-refractivity contribution is -0.114. The fourth-order valence-corrected chi connectivity index (χ4v) is 3.18. The highest BCUT2D eigenvalue weighted by atomic mass is 35.5. The summed E-state index contributed by atoms with van der Waals surface area (Å²) in [5.74, 6) is 0.858. The van der Waals surface area contributed by atoms with Gasteiger partial charge in [0, 0.05) is 43.1 Å². The molecule has 0 saturated carbocycles. The van der Waals surface area contributed by atoms with Crippen LogP contribution in [0.4, 0.5) is 5.82 Å². The summed E-state index contributed by atoms with van der Waals surface area (Å²) in [6, 6.07) is 10.5. The van der Waals surface area contributed by atoms with Gasteiger partial charge in [0.1, 0.15) is 18.2 Å². The van der Waals surface area contributed by atoms with Crippen LogP contribution in [0.25, 0.3) is 16.8 Å². The predicted octanol–water partition coefficient (Wildman–Crippen LogP) is 3.29. The number of aromatic nitrogens is 4. The number of hydrogen-bond acceptors (Lipinski definition) is 5. The van der Waals surface area contributed by atoms with Gasteiger partial charge < -0.3 is 14.6 Å². The molecule has 0 atom stereocenters. The number of nitrogens with one attached hydrogen (secondary N) is 1. The Bertz CT molecular complexity index is 1290. The minimum Gasteiger partial charge on any atom is -0.487 e. The Balaban J connectivity index is 1.72. The Morgan fingerprint density at radius 2 is 1.97 bits per heavy atom. The number of aryl methyl sites for hydroxylation is 1. The number of ether oxygens (including phenoxy) is 1. The van der Waals surface area contributed by atoms with Crippen molar-refractivity contribution in [2.45, 2.75) is 13.5 Å². The number of nitrogens with zero attached hydrogens (tertiary/aromatic N) is 4. The van der Waals surface area contributed by atoms with E-state index in [9.17, 15) is 9.59 Å². The maximum atomic E-state index is 12.6. The van der Waals surface area contributed by atoms with Crippen molar-refractivity contribution in [2.75, 3.05) is 5.32 Å². The summed E-state index contributed by atoms with van der Waals surface area (Å²) in [4.78, 5) is 32.7. The van der Waals surface area contributed by atoms with Crippen LogP contribution in [0.3, 0.4) is 0 Å². The van der Waals surface area contributed by atoms with E-state index in [4.69, 9.17) is 16.3 Å². The third-order valence-corrected chi connectivity index (χ3v) is 4.65. The zero-order chi connectivity index (χ0) is 21.3. The monoisotopic (exact) mass is 423 g/mol. The van der Waals surface area contributed by atoms with Gasteiger partial charge in [-0.1, -0.05) is 11.6 Å². The summed E-state index contributed by atoms with van der Waals surface area (Å²) in [7, 11) is 1.67. The van der Waals surface area contributed by atoms with E-state index >= 15 is 0 Å². The molecule has 1 amide bonds. The van der Waals surface area contributed by atoms with E-state index < -0.39 is 0 Å². The molecule has 152 valence electrons. The minimum atomic E-state index is -0.227. The second-order valence-corrected chi connectivity index (χ2v) is 7.15. The van der Waals surface area contributed by atoms with Crippen molar-refractivity contribution in [1.29, 1.82) is 0 Å². The zero-order valence-corrected chi connectivity index (χ0v) is 17.1. The summed E-state index contributed by atoms with van der Waals surface area (Å²) in [6.45, 7) is 1.61. The lowest BCUT2D eigenvalue weighted by Crippen LogP contribution is -2.23. The average molecular weight is 424 g/mol. The Hall–Kier alpha value is -3.65. The first kappa shape index (κ1) is 19.7. The number of pyridine rings is 1. The number of amides is 1. The molecule has 3 aromatic heterocycles. The van der Waals surface area contributed by atoms with Crippen molar-refractivity contribution in [3.05, 3.63) is 76.2 Å². The Labute approximate surface area is 176 Å². The van der Waals surface area contributed by atoms with E-state index in [2.05, 4.69) is 15.3 Å². The summed E-state index contributed by atoms with van der Waals surface area (Å²) in [5.41, 5.74) is 2.36. The highest BCUT2D eigenvalue weighted by Crippen LogP contribution is 2.25. The Morgan fingerprint density at radius 1 is 1.20 bits per heavy atom. The molecule has 0 unspecified atom stereocenters. The van der Waals surface area contributed by atoms with Gasteiger partial charge in [-0.25, -0.2) is 14.8 Å². The largest absolute Gasteiger partial charge is 0.487 e. The van der Waals surface area contributed by atoms with Gasteiger partial charge in [-0.15, -0.1) is 0 Å². The number of carbonyl (C=O) groups is 1. The second kappa shape index (κ2) is 8.00. The van der Waals surface area contributed by atoms with E-state index in [1.165, 1.54) is 15.9 Å². The number of hydrogen-bond donors (Lipinski definition) is 1. The molecular weight excluding hydrogens is 406 g/mol. The molecule has 0 radical (unpaired) electrons. The van der Waals surface area contributed by atoms with Gasteiger partial charge in [0.25, 0.3) is 0 Å². The normalized spacial score (nSPS) is 10.9. The number of benzene rings is 1. The van der Waals surface area contributed by atoms with E-state index in [-0.39, 0.29) is 18.2 Å². The van der Waals surface area contributed by atoms with Crippen LogP contribution >= 0.6 is 11.6 Å². The smallest absolute Gasteiger partial charge is 0.333 e. The number of rotatable bonds is 5. The molecule has 4 aromatic rings. The topological polar surface area (TPSA) is 90.5 Å². The number of carbonyl (C=O) groups excluding carboxylic acids is 1. The Morgan fingerprint density at radius 3 is 2.70 bits per heavy atom. The first-order valence-electron chi connectivity index (χ1n) is 9.11. The van der Waals surface area contributed by atoms with Crippen LogP contribution in [0, 0.1) is 0 Å². The van der Waals surface area contributed by atoms with Crippen LogP contribution in [0.2, 0.25) is 5.02 Å². The van der Waals surface area contributed by atoms with Crippen LogP contribution in [-0.2, 0) is 18.4 Å². The number of fused-ring (bicyclic) bond motifs is 1. The van der Waals surface area contributed by atoms with Gasteiger partial charge in [-0.2, -0.15) is 0 Å². The van der Waals surface area contributed by atoms with Crippen molar-refractivity contribution in [3.63, 3.8) is 0 Å². The summed E-state index contributed by atoms with van der Waals surface area (Å²) >= 11 is 5.89. The average Bonchev–Trinajstić information content (AvgIpc) is 3.14. The third kappa shape index (κ3) is 4.04. The third-order valence-electron chi connectivity index (χ3n) is 4.40. The molecule has 1 aromatic carbocycles. The SMILES string of the molecule is CC(=O)Nc1cc(-c2cn(C)c(=O)n3cc(COc4ccc(Cl)cc4)nc23)ccn1. The van der Waals surface area contributed by atoms with Gasteiger partial charge in [0.15, 0.2) is 5.65 Å². The lowest BCUT2D eigenvalue weighted by atomic mass is 10.1. The second-order valence-electron chi connectivity index (χ2n) is 6.72. The molecule has 3 heterocycles. The van der Waals surface area contributed by atoms with Crippen LogP contribution in [-0.4, -0.2) is 24.8 Å². The minimum absolute atomic E-state index is 0.194. The quantitative estimate of drug-likeness (QED) is 0.532. The fourth-order valence-electron chi connectivity index (χ4n) is 3.05. The number of imidazole rings is 1. The first-order chi connectivity index (χ1) is 14.4. The summed E-state index contributed by atoms with van der Waals surface area (Å²) in [5, 5.41) is 3.29. The molecule has 8 nitrogen and oxygen atoms in total. The highest BCUT2D eigenvalue weighted by molar-refractivity contribution is 6.30. The molecule has 0 aliphatic carbocycles. The molecule has 0 aliphatic rings. The van der Waals surface area contributed by atoms with E-state index in [0.717, 1.165) is 11.1 Å². The molecule has 9 heteroatoms. The zero-order valence-electron chi connectivity index (χ0n) is 16.3. The van der Waals surface area contributed by atoms with Crippen LogP contribution in [0.15, 0.2) is 59.8 Å². The van der Waals surface area contributed by atoms with Gasteiger partial charge in [0.05, 0.1) is 5.69 Å². The molecular formula is C21H18ClN5O3. The maximum Gasteiger partial charge on any atom is 0.333 e. The van der Waals surface area contributed by atoms with Crippen molar-refractivity contribution < 1.29 is 9.53 Å². The number of anilines is 1. The molecule has 4 rings (SSSR count). The lowest BCUT2D eigenvalue weighted by Gasteiger charge is -2.08. The van der Waals surface area contributed by atoms with E-state index in [1.807, 2.05) is 0 Å². The van der Waals surface area contributed by atoms with E-state index in [1.54, 1.807) is 62.0 Å². The van der Waals surface area contributed by atoms with Crippen molar-refractivity contribution >= 4 is 29.0 Å². The Kier molecular flexibility index (Phi) is 5.24. The molecule has 30 heavy (non-hydrogen) atoms. The standard InChI is InChI=1S/C21H18ClN5O3/c1-13(28)24-19-9-14(7-8-23-19)18-11-26(2)21(29)27-10-16(25-20(18)27)12-30-17-5-3-15(22)4-6-17/h3-11H,12H2,1-2H3,(H,23,24,28). The van der Waals surface area contributed by atoms with Gasteiger partial charge in [0.2, 0.25) is 5.91 Å². The maximum absolute atomic E-state index is 12.6. The van der Waals surface area contributed by atoms with E-state index in [0.29, 0.717) is 27.9 Å². The summed E-state index contributed by atoms with van der Waals surface area (Å²) < 4.78 is 8.71. The predicted molar refractivity (Wildman–Crippen MR) is 114 cm³/mol. The highest BCUT2D eigenvalue weighted by Gasteiger charge is 2.14. The van der Waals surface area contributed by atoms with Crippen molar-refractivity contribution in [2.24, 2.45) is 7.05 Å². The number of halogens is 1. The van der Waals surface area contributed by atoms with Crippen molar-refractivity contribution in [1.82, 2.24) is 18.9 Å². The molecule has 0 spiro atoms. The van der Waals surface area contributed by atoms with Crippen LogP contribution in [0.5, 0.6) is 5.75 Å².